The van der Waals surface area contributed by atoms with E-state index < -0.39 is 0 Å². The number of hydrogen-bond acceptors (Lipinski definition) is 3. The van der Waals surface area contributed by atoms with Crippen LogP contribution in [0.5, 0.6) is 0 Å². The number of carbonyl (C=O) groups excluding carboxylic acids is 2. The second-order valence-electron chi connectivity index (χ2n) is 6.52. The largest absolute Gasteiger partial charge is 0.399 e. The SMILES string of the molecule is Cc1ccc(N)cc1C(=O)N1CCCN(C(=O)c2ccc(F)cc2)CC1. The Morgan fingerprint density at radius 1 is 0.923 bits per heavy atom. The Labute approximate surface area is 152 Å². The first-order chi connectivity index (χ1) is 12.5. The number of amides is 2. The number of aryl methyl sites for hydroxylation is 1. The van der Waals surface area contributed by atoms with Crippen LogP contribution in [0.25, 0.3) is 0 Å². The lowest BCUT2D eigenvalue weighted by atomic mass is 10.1. The molecule has 0 spiro atoms. The quantitative estimate of drug-likeness (QED) is 0.843. The summed E-state index contributed by atoms with van der Waals surface area (Å²) < 4.78 is 13.0. The molecule has 0 aromatic heterocycles. The first-order valence-electron chi connectivity index (χ1n) is 8.66. The summed E-state index contributed by atoms with van der Waals surface area (Å²) in [6, 6.07) is 10.8. The van der Waals surface area contributed by atoms with Crippen LogP contribution in [0, 0.1) is 12.7 Å². The van der Waals surface area contributed by atoms with Crippen molar-refractivity contribution in [3.8, 4) is 0 Å². The fourth-order valence-corrected chi connectivity index (χ4v) is 3.14. The lowest BCUT2D eigenvalue weighted by Crippen LogP contribution is -2.37. The molecule has 0 radical (unpaired) electrons. The van der Waals surface area contributed by atoms with Crippen LogP contribution in [0.4, 0.5) is 10.1 Å². The van der Waals surface area contributed by atoms with Gasteiger partial charge in [-0.2, -0.15) is 0 Å². The zero-order valence-corrected chi connectivity index (χ0v) is 14.7. The second-order valence-corrected chi connectivity index (χ2v) is 6.52. The van der Waals surface area contributed by atoms with Gasteiger partial charge in [-0.15, -0.1) is 0 Å². The summed E-state index contributed by atoms with van der Waals surface area (Å²) in [6.07, 6.45) is 0.694. The van der Waals surface area contributed by atoms with Gasteiger partial charge < -0.3 is 15.5 Å². The van der Waals surface area contributed by atoms with Crippen molar-refractivity contribution in [3.05, 3.63) is 65.0 Å². The Hall–Kier alpha value is -2.89. The van der Waals surface area contributed by atoms with Gasteiger partial charge in [0, 0.05) is 43.0 Å². The van der Waals surface area contributed by atoms with E-state index in [1.165, 1.54) is 24.3 Å². The Morgan fingerprint density at radius 3 is 2.19 bits per heavy atom. The number of carbonyl (C=O) groups is 2. The van der Waals surface area contributed by atoms with E-state index in [0.717, 1.165) is 5.56 Å². The highest BCUT2D eigenvalue weighted by molar-refractivity contribution is 5.97. The lowest BCUT2D eigenvalue weighted by molar-refractivity contribution is 0.0718. The van der Waals surface area contributed by atoms with E-state index in [1.807, 2.05) is 13.0 Å². The lowest BCUT2D eigenvalue weighted by Gasteiger charge is -2.23. The molecule has 2 aromatic carbocycles. The monoisotopic (exact) mass is 355 g/mol. The van der Waals surface area contributed by atoms with Crippen molar-refractivity contribution in [2.24, 2.45) is 0 Å². The van der Waals surface area contributed by atoms with E-state index >= 15 is 0 Å². The van der Waals surface area contributed by atoms with Crippen LogP contribution >= 0.6 is 0 Å². The van der Waals surface area contributed by atoms with Crippen LogP contribution < -0.4 is 5.73 Å². The summed E-state index contributed by atoms with van der Waals surface area (Å²) in [4.78, 5) is 28.9. The maximum Gasteiger partial charge on any atom is 0.254 e. The third-order valence-electron chi connectivity index (χ3n) is 4.65. The van der Waals surface area contributed by atoms with Gasteiger partial charge in [-0.3, -0.25) is 9.59 Å². The summed E-state index contributed by atoms with van der Waals surface area (Å²) in [6.45, 7) is 3.94. The van der Waals surface area contributed by atoms with Crippen LogP contribution in [-0.2, 0) is 0 Å². The number of rotatable bonds is 2. The van der Waals surface area contributed by atoms with Gasteiger partial charge >= 0.3 is 0 Å². The standard InChI is InChI=1S/C20H22FN3O2/c1-14-3-8-17(22)13-18(14)20(26)24-10-2-9-23(11-12-24)19(25)15-4-6-16(21)7-5-15/h3-8,13H,2,9-12,22H2,1H3. The van der Waals surface area contributed by atoms with E-state index in [2.05, 4.69) is 0 Å². The van der Waals surface area contributed by atoms with Gasteiger partial charge in [-0.25, -0.2) is 4.39 Å². The molecule has 0 saturated carbocycles. The molecule has 5 nitrogen and oxygen atoms in total. The smallest absolute Gasteiger partial charge is 0.254 e. The molecule has 26 heavy (non-hydrogen) atoms. The molecule has 136 valence electrons. The molecule has 0 bridgehead atoms. The highest BCUT2D eigenvalue weighted by Gasteiger charge is 2.24. The molecular weight excluding hydrogens is 333 g/mol. The number of halogens is 1. The first-order valence-corrected chi connectivity index (χ1v) is 8.66. The predicted molar refractivity (Wildman–Crippen MR) is 98.4 cm³/mol. The van der Waals surface area contributed by atoms with Crippen molar-refractivity contribution < 1.29 is 14.0 Å². The normalized spacial score (nSPS) is 14.8. The maximum absolute atomic E-state index is 13.0. The first kappa shape index (κ1) is 17.9. The third kappa shape index (κ3) is 3.85. The Balaban J connectivity index is 1.70. The van der Waals surface area contributed by atoms with E-state index in [-0.39, 0.29) is 17.6 Å². The highest BCUT2D eigenvalue weighted by Crippen LogP contribution is 2.17. The van der Waals surface area contributed by atoms with Gasteiger partial charge in [-0.05, 0) is 55.3 Å². The molecule has 1 aliphatic rings. The molecule has 2 aromatic rings. The van der Waals surface area contributed by atoms with E-state index in [0.29, 0.717) is 49.4 Å². The van der Waals surface area contributed by atoms with E-state index in [9.17, 15) is 14.0 Å². The van der Waals surface area contributed by atoms with Gasteiger partial charge in [0.05, 0.1) is 0 Å². The summed E-state index contributed by atoms with van der Waals surface area (Å²) in [5, 5.41) is 0. The van der Waals surface area contributed by atoms with Gasteiger partial charge in [0.15, 0.2) is 0 Å². The molecule has 6 heteroatoms. The number of nitrogens with two attached hydrogens (primary N) is 1. The van der Waals surface area contributed by atoms with Crippen molar-refractivity contribution in [2.45, 2.75) is 13.3 Å². The highest BCUT2D eigenvalue weighted by atomic mass is 19.1. The minimum absolute atomic E-state index is 0.0640. The Morgan fingerprint density at radius 2 is 1.54 bits per heavy atom. The second kappa shape index (κ2) is 7.56. The molecule has 1 heterocycles. The summed E-state index contributed by atoms with van der Waals surface area (Å²) in [5.41, 5.74) is 8.31. The summed E-state index contributed by atoms with van der Waals surface area (Å²) in [5.74, 6) is -0.572. The third-order valence-corrected chi connectivity index (χ3v) is 4.65. The molecule has 0 atom stereocenters. The Bertz CT molecular complexity index is 820. The zero-order chi connectivity index (χ0) is 18.7. The van der Waals surface area contributed by atoms with Gasteiger partial charge in [0.1, 0.15) is 5.82 Å². The van der Waals surface area contributed by atoms with Crippen molar-refractivity contribution in [1.82, 2.24) is 9.80 Å². The van der Waals surface area contributed by atoms with Crippen molar-refractivity contribution >= 4 is 17.5 Å². The van der Waals surface area contributed by atoms with Crippen LogP contribution in [-0.4, -0.2) is 47.8 Å². The topological polar surface area (TPSA) is 66.6 Å². The van der Waals surface area contributed by atoms with Gasteiger partial charge in [0.2, 0.25) is 0 Å². The van der Waals surface area contributed by atoms with Crippen LogP contribution in [0.1, 0.15) is 32.7 Å². The van der Waals surface area contributed by atoms with Gasteiger partial charge in [0.25, 0.3) is 11.8 Å². The molecule has 0 unspecified atom stereocenters. The van der Waals surface area contributed by atoms with Crippen molar-refractivity contribution in [2.75, 3.05) is 31.9 Å². The van der Waals surface area contributed by atoms with Crippen LogP contribution in [0.2, 0.25) is 0 Å². The molecule has 0 aliphatic carbocycles. The number of benzene rings is 2. The summed E-state index contributed by atoms with van der Waals surface area (Å²) in [7, 11) is 0. The number of hydrogen-bond donors (Lipinski definition) is 1. The molecule has 1 aliphatic heterocycles. The van der Waals surface area contributed by atoms with Crippen LogP contribution in [0.3, 0.4) is 0 Å². The zero-order valence-electron chi connectivity index (χ0n) is 14.7. The minimum Gasteiger partial charge on any atom is -0.399 e. The molecular formula is C20H22FN3O2. The molecule has 2 amide bonds. The maximum atomic E-state index is 13.0. The van der Waals surface area contributed by atoms with E-state index in [1.54, 1.807) is 21.9 Å². The van der Waals surface area contributed by atoms with Crippen molar-refractivity contribution in [3.63, 3.8) is 0 Å². The van der Waals surface area contributed by atoms with E-state index in [4.69, 9.17) is 5.73 Å². The fraction of sp³-hybridized carbons (Fsp3) is 0.300. The average molecular weight is 355 g/mol. The van der Waals surface area contributed by atoms with Crippen LogP contribution in [0.15, 0.2) is 42.5 Å². The molecule has 1 saturated heterocycles. The number of nitrogens with zero attached hydrogens (tertiary/aromatic N) is 2. The summed E-state index contributed by atoms with van der Waals surface area (Å²) >= 11 is 0. The van der Waals surface area contributed by atoms with Gasteiger partial charge in [-0.1, -0.05) is 6.07 Å². The fourth-order valence-electron chi connectivity index (χ4n) is 3.14. The average Bonchev–Trinajstić information content (AvgIpc) is 2.89. The molecule has 2 N–H and O–H groups in total. The molecule has 1 fully saturated rings. The minimum atomic E-state index is -0.369. The Kier molecular flexibility index (Phi) is 5.21. The number of anilines is 1. The predicted octanol–water partition coefficient (Wildman–Crippen LogP) is 2.70. The molecule has 3 rings (SSSR count). The van der Waals surface area contributed by atoms with Crippen molar-refractivity contribution in [1.29, 1.82) is 0 Å². The number of nitrogen functional groups attached to an aromatic ring is 1.